The van der Waals surface area contributed by atoms with Gasteiger partial charge in [0.25, 0.3) is 0 Å². The minimum absolute atomic E-state index is 0. The normalized spacial score (nSPS) is 19.9. The summed E-state index contributed by atoms with van der Waals surface area (Å²) in [4.78, 5) is 12.0. The molecule has 1 N–H and O–H groups in total. The van der Waals surface area contributed by atoms with Crippen LogP contribution in [-0.2, 0) is 0 Å². The van der Waals surface area contributed by atoms with Crippen LogP contribution in [0.15, 0.2) is 22.5 Å². The fourth-order valence-corrected chi connectivity index (χ4v) is 4.65. The van der Waals surface area contributed by atoms with Gasteiger partial charge in [0.15, 0.2) is 5.96 Å². The molecule has 0 aromatic carbocycles. The number of piperazine rings is 1. The molecular weight excluding hydrogens is 469 g/mol. The van der Waals surface area contributed by atoms with Crippen LogP contribution in [-0.4, -0.2) is 75.2 Å². The summed E-state index contributed by atoms with van der Waals surface area (Å²) in [6.07, 6.45) is 5.26. The van der Waals surface area contributed by atoms with Crippen LogP contribution in [0, 0.1) is 5.92 Å². The van der Waals surface area contributed by atoms with Gasteiger partial charge in [-0.3, -0.25) is 4.99 Å². The summed E-state index contributed by atoms with van der Waals surface area (Å²) < 4.78 is 0. The molecule has 0 amide bonds. The van der Waals surface area contributed by atoms with Crippen LogP contribution < -0.4 is 10.2 Å². The first-order chi connectivity index (χ1) is 12.8. The molecule has 1 aromatic rings. The Morgan fingerprint density at radius 2 is 1.89 bits per heavy atom. The summed E-state index contributed by atoms with van der Waals surface area (Å²) in [5, 5.41) is 7.12. The summed E-state index contributed by atoms with van der Waals surface area (Å²) in [5.41, 5.74) is 0. The van der Waals surface area contributed by atoms with Gasteiger partial charge in [-0.05, 0) is 68.7 Å². The second-order valence-corrected chi connectivity index (χ2v) is 8.56. The first kappa shape index (κ1) is 22.7. The fourth-order valence-electron chi connectivity index (χ4n) is 3.87. The summed E-state index contributed by atoms with van der Waals surface area (Å²) in [6.45, 7) is 11.5. The maximum atomic E-state index is 4.50. The lowest BCUT2D eigenvalue weighted by Crippen LogP contribution is -2.52. The quantitative estimate of drug-likeness (QED) is 0.278. The Morgan fingerprint density at radius 1 is 1.15 bits per heavy atom. The van der Waals surface area contributed by atoms with Gasteiger partial charge in [-0.15, -0.1) is 35.3 Å². The number of thiophene rings is 1. The number of aliphatic imine (C=N–C) groups is 1. The van der Waals surface area contributed by atoms with E-state index in [1.807, 2.05) is 18.4 Å². The number of halogens is 1. The van der Waals surface area contributed by atoms with Crippen molar-refractivity contribution in [3.8, 4) is 0 Å². The number of hydrogen-bond donors (Lipinski definition) is 1. The van der Waals surface area contributed by atoms with Gasteiger partial charge >= 0.3 is 0 Å². The predicted octanol–water partition coefficient (Wildman–Crippen LogP) is 3.58. The molecule has 2 saturated heterocycles. The number of rotatable bonds is 6. The van der Waals surface area contributed by atoms with E-state index in [0.29, 0.717) is 0 Å². The number of likely N-dealkylation sites (tertiary alicyclic amines) is 1. The van der Waals surface area contributed by atoms with E-state index in [1.165, 1.54) is 50.3 Å². The van der Waals surface area contributed by atoms with Crippen LogP contribution in [0.2, 0.25) is 0 Å². The molecule has 0 spiro atoms. The van der Waals surface area contributed by atoms with Crippen molar-refractivity contribution in [3.05, 3.63) is 17.5 Å². The van der Waals surface area contributed by atoms with E-state index in [2.05, 4.69) is 49.4 Å². The van der Waals surface area contributed by atoms with Gasteiger partial charge in [0.2, 0.25) is 0 Å². The highest BCUT2D eigenvalue weighted by Gasteiger charge is 2.20. The molecule has 0 saturated carbocycles. The van der Waals surface area contributed by atoms with Crippen molar-refractivity contribution >= 4 is 46.3 Å². The Hall–Kier alpha value is -0.540. The topological polar surface area (TPSA) is 34.1 Å². The Balaban J connectivity index is 0.00000261. The van der Waals surface area contributed by atoms with Gasteiger partial charge < -0.3 is 20.0 Å². The number of anilines is 1. The third-order valence-corrected chi connectivity index (χ3v) is 6.60. The lowest BCUT2D eigenvalue weighted by molar-refractivity contribution is 0.189. The Labute approximate surface area is 186 Å². The second-order valence-electron chi connectivity index (χ2n) is 7.63. The van der Waals surface area contributed by atoms with E-state index >= 15 is 0 Å². The molecule has 7 heteroatoms. The predicted molar refractivity (Wildman–Crippen MR) is 129 cm³/mol. The first-order valence-electron chi connectivity index (χ1n) is 10.2. The summed E-state index contributed by atoms with van der Waals surface area (Å²) >= 11 is 1.83. The van der Waals surface area contributed by atoms with E-state index in [9.17, 15) is 0 Å². The smallest absolute Gasteiger partial charge is 0.193 e. The zero-order valence-corrected chi connectivity index (χ0v) is 20.0. The minimum Gasteiger partial charge on any atom is -0.360 e. The molecule has 0 unspecified atom stereocenters. The summed E-state index contributed by atoms with van der Waals surface area (Å²) in [7, 11) is 1.91. The zero-order valence-electron chi connectivity index (χ0n) is 16.9. The number of nitrogens with one attached hydrogen (secondary N) is 1. The number of guanidine groups is 1. The van der Waals surface area contributed by atoms with Crippen molar-refractivity contribution in [2.45, 2.75) is 32.6 Å². The lowest BCUT2D eigenvalue weighted by atomic mass is 9.99. The average molecular weight is 506 g/mol. The molecule has 0 radical (unpaired) electrons. The molecule has 0 bridgehead atoms. The highest BCUT2D eigenvalue weighted by atomic mass is 127. The second kappa shape index (κ2) is 12.1. The molecule has 0 aliphatic carbocycles. The number of nitrogens with zero attached hydrogens (tertiary/aromatic N) is 4. The number of unbranched alkanes of at least 4 members (excludes halogenated alkanes) is 1. The van der Waals surface area contributed by atoms with Crippen molar-refractivity contribution in [2.24, 2.45) is 10.9 Å². The molecule has 5 nitrogen and oxygen atoms in total. The highest BCUT2D eigenvalue weighted by Crippen LogP contribution is 2.22. The highest BCUT2D eigenvalue weighted by molar-refractivity contribution is 14.0. The number of hydrogen-bond acceptors (Lipinski definition) is 4. The molecule has 0 atom stereocenters. The van der Waals surface area contributed by atoms with E-state index in [-0.39, 0.29) is 24.0 Å². The van der Waals surface area contributed by atoms with E-state index in [4.69, 9.17) is 0 Å². The lowest BCUT2D eigenvalue weighted by Gasteiger charge is -2.37. The molecule has 1 aromatic heterocycles. The molecular formula is C20H36IN5S. The van der Waals surface area contributed by atoms with Crippen molar-refractivity contribution in [2.75, 3.05) is 64.3 Å². The molecule has 27 heavy (non-hydrogen) atoms. The average Bonchev–Trinajstić information content (AvgIpc) is 3.21. The largest absolute Gasteiger partial charge is 0.360 e. The van der Waals surface area contributed by atoms with Crippen LogP contribution in [0.4, 0.5) is 5.00 Å². The van der Waals surface area contributed by atoms with Crippen LogP contribution in [0.1, 0.15) is 32.6 Å². The van der Waals surface area contributed by atoms with Gasteiger partial charge in [-0.25, -0.2) is 0 Å². The van der Waals surface area contributed by atoms with Gasteiger partial charge in [0.05, 0.1) is 5.00 Å². The van der Waals surface area contributed by atoms with Gasteiger partial charge in [-0.2, -0.15) is 0 Å². The summed E-state index contributed by atoms with van der Waals surface area (Å²) in [6, 6.07) is 4.35. The van der Waals surface area contributed by atoms with E-state index in [0.717, 1.165) is 44.6 Å². The summed E-state index contributed by atoms with van der Waals surface area (Å²) in [5.74, 6) is 2.00. The maximum Gasteiger partial charge on any atom is 0.193 e. The number of piperidine rings is 1. The third-order valence-electron chi connectivity index (χ3n) is 5.67. The van der Waals surface area contributed by atoms with Crippen molar-refractivity contribution < 1.29 is 0 Å². The van der Waals surface area contributed by atoms with Gasteiger partial charge in [0.1, 0.15) is 0 Å². The van der Waals surface area contributed by atoms with Gasteiger partial charge in [-0.1, -0.05) is 6.92 Å². The van der Waals surface area contributed by atoms with Crippen LogP contribution in [0.3, 0.4) is 0 Å². The monoisotopic (exact) mass is 505 g/mol. The molecule has 2 fully saturated rings. The van der Waals surface area contributed by atoms with Crippen molar-refractivity contribution in [1.29, 1.82) is 0 Å². The molecule has 154 valence electrons. The molecule has 3 rings (SSSR count). The first-order valence-corrected chi connectivity index (χ1v) is 11.1. The fraction of sp³-hybridized carbons (Fsp3) is 0.750. The van der Waals surface area contributed by atoms with Crippen LogP contribution in [0.5, 0.6) is 0 Å². The Bertz CT molecular complexity index is 535. The Kier molecular flexibility index (Phi) is 10.2. The van der Waals surface area contributed by atoms with E-state index in [1.54, 1.807) is 0 Å². The van der Waals surface area contributed by atoms with E-state index < -0.39 is 0 Å². The standard InChI is InChI=1S/C20H35N5S.HI/c1-18-7-11-23(12-8-18)10-4-3-9-22-20(21-2)25-15-13-24(14-16-25)19-6-5-17-26-19;/h5-6,17-18H,3-4,7-16H2,1-2H3,(H,21,22);1H. The van der Waals surface area contributed by atoms with Gasteiger partial charge in [0, 0.05) is 39.8 Å². The molecule has 3 heterocycles. The third kappa shape index (κ3) is 7.09. The van der Waals surface area contributed by atoms with Crippen LogP contribution in [0.25, 0.3) is 0 Å². The molecule has 2 aliphatic rings. The van der Waals surface area contributed by atoms with Crippen molar-refractivity contribution in [1.82, 2.24) is 15.1 Å². The van der Waals surface area contributed by atoms with Crippen LogP contribution >= 0.6 is 35.3 Å². The maximum absolute atomic E-state index is 4.50. The Morgan fingerprint density at radius 3 is 2.52 bits per heavy atom. The molecule has 2 aliphatic heterocycles. The van der Waals surface area contributed by atoms with Crippen molar-refractivity contribution in [3.63, 3.8) is 0 Å². The SMILES string of the molecule is CN=C(NCCCCN1CCC(C)CC1)N1CCN(c2cccs2)CC1.I. The minimum atomic E-state index is 0. The zero-order chi connectivity index (χ0) is 18.2.